The molecule has 19 heavy (non-hydrogen) atoms. The van der Waals surface area contributed by atoms with Gasteiger partial charge in [0.25, 0.3) is 0 Å². The number of nitrogens with one attached hydrogen (secondary N) is 1. The van der Waals surface area contributed by atoms with Gasteiger partial charge in [0.15, 0.2) is 0 Å². The van der Waals surface area contributed by atoms with E-state index in [2.05, 4.69) is 29.5 Å². The zero-order valence-corrected chi connectivity index (χ0v) is 11.8. The molecule has 0 aliphatic heterocycles. The molecule has 100 valence electrons. The quantitative estimate of drug-likeness (QED) is 0.905. The van der Waals surface area contributed by atoms with Gasteiger partial charge in [-0.15, -0.1) is 0 Å². The number of aryl methyl sites for hydroxylation is 1. The lowest BCUT2D eigenvalue weighted by atomic mass is 10.1. The largest absolute Gasteiger partial charge is 0.310 e. The Kier molecular flexibility index (Phi) is 3.58. The molecule has 1 heterocycles. The SMILES string of the molecule is CCn1nccc1-c1ccc(Cl)c(CNC2CC2)c1. The first-order valence-corrected chi connectivity index (χ1v) is 7.19. The smallest absolute Gasteiger partial charge is 0.0682 e. The minimum absolute atomic E-state index is 0.695. The van der Waals surface area contributed by atoms with Gasteiger partial charge in [0, 0.05) is 35.9 Å². The Morgan fingerprint density at radius 1 is 1.37 bits per heavy atom. The Morgan fingerprint density at radius 2 is 2.21 bits per heavy atom. The van der Waals surface area contributed by atoms with Crippen LogP contribution in [-0.2, 0) is 13.1 Å². The van der Waals surface area contributed by atoms with E-state index in [0.717, 1.165) is 29.4 Å². The molecular weight excluding hydrogens is 258 g/mol. The number of hydrogen-bond donors (Lipinski definition) is 1. The van der Waals surface area contributed by atoms with Crippen molar-refractivity contribution in [3.05, 3.63) is 41.0 Å². The van der Waals surface area contributed by atoms with Gasteiger partial charge in [0.2, 0.25) is 0 Å². The van der Waals surface area contributed by atoms with Crippen LogP contribution in [0.3, 0.4) is 0 Å². The van der Waals surface area contributed by atoms with Crippen LogP contribution in [0.4, 0.5) is 0 Å². The molecular formula is C15H18ClN3. The van der Waals surface area contributed by atoms with Gasteiger partial charge >= 0.3 is 0 Å². The van der Waals surface area contributed by atoms with Crippen LogP contribution in [0.25, 0.3) is 11.3 Å². The first-order valence-electron chi connectivity index (χ1n) is 6.82. The lowest BCUT2D eigenvalue weighted by Crippen LogP contribution is -2.15. The van der Waals surface area contributed by atoms with Gasteiger partial charge in [0.05, 0.1) is 5.69 Å². The summed E-state index contributed by atoms with van der Waals surface area (Å²) in [5.74, 6) is 0. The number of hydrogen-bond acceptors (Lipinski definition) is 2. The molecule has 1 saturated carbocycles. The molecule has 1 fully saturated rings. The van der Waals surface area contributed by atoms with E-state index >= 15 is 0 Å². The molecule has 1 aliphatic carbocycles. The fourth-order valence-electron chi connectivity index (χ4n) is 2.24. The van der Waals surface area contributed by atoms with Crippen molar-refractivity contribution in [2.45, 2.75) is 38.9 Å². The van der Waals surface area contributed by atoms with E-state index in [1.165, 1.54) is 18.4 Å². The molecule has 0 amide bonds. The molecule has 1 N–H and O–H groups in total. The Balaban J connectivity index is 1.87. The molecule has 1 aromatic carbocycles. The van der Waals surface area contributed by atoms with Gasteiger partial charge in [-0.2, -0.15) is 5.10 Å². The lowest BCUT2D eigenvalue weighted by Gasteiger charge is -2.10. The number of aromatic nitrogens is 2. The summed E-state index contributed by atoms with van der Waals surface area (Å²) in [6, 6.07) is 8.95. The van der Waals surface area contributed by atoms with Crippen molar-refractivity contribution in [3.8, 4) is 11.3 Å². The molecule has 0 unspecified atom stereocenters. The first-order chi connectivity index (χ1) is 9.28. The minimum Gasteiger partial charge on any atom is -0.310 e. The van der Waals surface area contributed by atoms with Gasteiger partial charge < -0.3 is 5.32 Å². The highest BCUT2D eigenvalue weighted by Gasteiger charge is 2.20. The second-order valence-electron chi connectivity index (χ2n) is 4.99. The molecule has 0 radical (unpaired) electrons. The summed E-state index contributed by atoms with van der Waals surface area (Å²) in [5, 5.41) is 8.66. The topological polar surface area (TPSA) is 29.9 Å². The highest BCUT2D eigenvalue weighted by molar-refractivity contribution is 6.31. The summed E-state index contributed by atoms with van der Waals surface area (Å²) in [6.07, 6.45) is 4.43. The van der Waals surface area contributed by atoms with Gasteiger partial charge in [-0.3, -0.25) is 4.68 Å². The van der Waals surface area contributed by atoms with Crippen molar-refractivity contribution in [2.24, 2.45) is 0 Å². The summed E-state index contributed by atoms with van der Waals surface area (Å²) in [6.45, 7) is 3.82. The predicted octanol–water partition coefficient (Wildman–Crippen LogP) is 3.48. The summed E-state index contributed by atoms with van der Waals surface area (Å²) in [7, 11) is 0. The van der Waals surface area contributed by atoms with Crippen LogP contribution in [0, 0.1) is 0 Å². The normalized spacial score (nSPS) is 14.8. The zero-order chi connectivity index (χ0) is 13.2. The first kappa shape index (κ1) is 12.7. The third-order valence-electron chi connectivity index (χ3n) is 3.52. The molecule has 2 aromatic rings. The number of rotatable bonds is 5. The van der Waals surface area contributed by atoms with Crippen LogP contribution < -0.4 is 5.32 Å². The molecule has 1 aromatic heterocycles. The Hall–Kier alpha value is -1.32. The van der Waals surface area contributed by atoms with Crippen LogP contribution in [0.15, 0.2) is 30.5 Å². The monoisotopic (exact) mass is 275 g/mol. The van der Waals surface area contributed by atoms with Crippen molar-refractivity contribution in [1.29, 1.82) is 0 Å². The molecule has 0 saturated heterocycles. The maximum atomic E-state index is 6.27. The zero-order valence-electron chi connectivity index (χ0n) is 11.1. The van der Waals surface area contributed by atoms with Crippen LogP contribution in [0.5, 0.6) is 0 Å². The number of nitrogens with zero attached hydrogens (tertiary/aromatic N) is 2. The van der Waals surface area contributed by atoms with Crippen LogP contribution in [0.1, 0.15) is 25.3 Å². The second kappa shape index (κ2) is 5.35. The fourth-order valence-corrected chi connectivity index (χ4v) is 2.43. The molecule has 0 bridgehead atoms. The molecule has 4 heteroatoms. The van der Waals surface area contributed by atoms with Crippen molar-refractivity contribution in [3.63, 3.8) is 0 Å². The second-order valence-corrected chi connectivity index (χ2v) is 5.40. The van der Waals surface area contributed by atoms with E-state index < -0.39 is 0 Å². The van der Waals surface area contributed by atoms with Crippen LogP contribution in [0.2, 0.25) is 5.02 Å². The molecule has 1 aliphatic rings. The Morgan fingerprint density at radius 3 is 2.95 bits per heavy atom. The summed E-state index contributed by atoms with van der Waals surface area (Å²) in [5.41, 5.74) is 3.48. The fraction of sp³-hybridized carbons (Fsp3) is 0.400. The highest BCUT2D eigenvalue weighted by Crippen LogP contribution is 2.26. The standard InChI is InChI=1S/C15H18ClN3/c1-2-19-15(7-8-18-19)11-3-6-14(16)12(9-11)10-17-13-4-5-13/h3,6-9,13,17H,2,4-5,10H2,1H3. The Bertz CT molecular complexity index is 573. The number of halogens is 1. The average Bonchev–Trinajstić information content (AvgIpc) is 3.13. The summed E-state index contributed by atoms with van der Waals surface area (Å²) < 4.78 is 2.00. The third kappa shape index (κ3) is 2.82. The molecule has 3 nitrogen and oxygen atoms in total. The average molecular weight is 276 g/mol. The predicted molar refractivity (Wildman–Crippen MR) is 78.2 cm³/mol. The van der Waals surface area contributed by atoms with E-state index in [9.17, 15) is 0 Å². The van der Waals surface area contributed by atoms with E-state index in [4.69, 9.17) is 11.6 Å². The highest BCUT2D eigenvalue weighted by atomic mass is 35.5. The van der Waals surface area contributed by atoms with Gasteiger partial charge in [-0.05, 0) is 43.5 Å². The van der Waals surface area contributed by atoms with Gasteiger partial charge in [-0.25, -0.2) is 0 Å². The molecule has 3 rings (SSSR count). The summed E-state index contributed by atoms with van der Waals surface area (Å²) >= 11 is 6.27. The summed E-state index contributed by atoms with van der Waals surface area (Å²) in [4.78, 5) is 0. The maximum absolute atomic E-state index is 6.27. The molecule has 0 spiro atoms. The van der Waals surface area contributed by atoms with Crippen LogP contribution >= 0.6 is 11.6 Å². The third-order valence-corrected chi connectivity index (χ3v) is 3.88. The minimum atomic E-state index is 0.695. The van der Waals surface area contributed by atoms with Crippen molar-refractivity contribution in [1.82, 2.24) is 15.1 Å². The van der Waals surface area contributed by atoms with Gasteiger partial charge in [-0.1, -0.05) is 17.7 Å². The van der Waals surface area contributed by atoms with Crippen LogP contribution in [-0.4, -0.2) is 15.8 Å². The van der Waals surface area contributed by atoms with E-state index in [1.807, 2.05) is 23.0 Å². The van der Waals surface area contributed by atoms with Crippen molar-refractivity contribution in [2.75, 3.05) is 0 Å². The van der Waals surface area contributed by atoms with Crippen molar-refractivity contribution >= 4 is 11.6 Å². The number of benzene rings is 1. The van der Waals surface area contributed by atoms with E-state index in [-0.39, 0.29) is 0 Å². The maximum Gasteiger partial charge on any atom is 0.0682 e. The van der Waals surface area contributed by atoms with E-state index in [0.29, 0.717) is 6.04 Å². The molecule has 0 atom stereocenters. The van der Waals surface area contributed by atoms with Gasteiger partial charge in [0.1, 0.15) is 0 Å². The van der Waals surface area contributed by atoms with Crippen molar-refractivity contribution < 1.29 is 0 Å². The lowest BCUT2D eigenvalue weighted by molar-refractivity contribution is 0.666. The van der Waals surface area contributed by atoms with E-state index in [1.54, 1.807) is 0 Å². The Labute approximate surface area is 118 Å².